The van der Waals surface area contributed by atoms with Crippen LogP contribution in [-0.2, 0) is 4.74 Å². The van der Waals surface area contributed by atoms with Crippen LogP contribution >= 0.6 is 0 Å². The van der Waals surface area contributed by atoms with Crippen molar-refractivity contribution >= 4 is 35.1 Å². The van der Waals surface area contributed by atoms with Crippen LogP contribution in [0.4, 0.5) is 33.8 Å². The number of ether oxygens (including phenoxy) is 1. The van der Waals surface area contributed by atoms with Crippen molar-refractivity contribution in [2.75, 3.05) is 27.9 Å². The Morgan fingerprint density at radius 1 is 1.09 bits per heavy atom. The van der Waals surface area contributed by atoms with Crippen LogP contribution in [0.1, 0.15) is 32.4 Å². The molecule has 0 unspecified atom stereocenters. The predicted octanol–water partition coefficient (Wildman–Crippen LogP) is 4.35. The highest BCUT2D eigenvalue weighted by Gasteiger charge is 2.37. The summed E-state index contributed by atoms with van der Waals surface area (Å²) in [7, 11) is 0. The number of pyridine rings is 1. The highest BCUT2D eigenvalue weighted by atomic mass is 16.6. The van der Waals surface area contributed by atoms with Gasteiger partial charge in [-0.15, -0.1) is 0 Å². The van der Waals surface area contributed by atoms with E-state index in [4.69, 9.17) is 10.5 Å². The van der Waals surface area contributed by atoms with Crippen LogP contribution in [-0.4, -0.2) is 33.7 Å². The molecule has 3 heterocycles. The monoisotopic (exact) mass is 433 g/mol. The molecule has 32 heavy (non-hydrogen) atoms. The molecule has 1 aromatic carbocycles. The van der Waals surface area contributed by atoms with E-state index in [-0.39, 0.29) is 24.1 Å². The number of hydrogen-bond acceptors (Lipinski definition) is 8. The summed E-state index contributed by atoms with van der Waals surface area (Å²) >= 11 is 0. The van der Waals surface area contributed by atoms with Crippen LogP contribution in [0.15, 0.2) is 54.9 Å². The molecule has 0 radical (unpaired) electrons. The van der Waals surface area contributed by atoms with Gasteiger partial charge in [0.2, 0.25) is 5.95 Å². The predicted molar refractivity (Wildman–Crippen MR) is 125 cm³/mol. The van der Waals surface area contributed by atoms with E-state index in [0.717, 1.165) is 17.1 Å². The smallest absolute Gasteiger partial charge is 0.415 e. The lowest BCUT2D eigenvalue weighted by Gasteiger charge is -2.23. The number of hydrogen-bond donors (Lipinski definition) is 3. The lowest BCUT2D eigenvalue weighted by Crippen LogP contribution is -2.37. The van der Waals surface area contributed by atoms with Gasteiger partial charge in [-0.2, -0.15) is 4.98 Å². The summed E-state index contributed by atoms with van der Waals surface area (Å²) in [5.74, 6) is 1.96. The van der Waals surface area contributed by atoms with E-state index in [1.54, 1.807) is 29.4 Å². The molecule has 166 valence electrons. The molecule has 1 amide bonds. The molecule has 4 rings (SSSR count). The third kappa shape index (κ3) is 4.72. The average Bonchev–Trinajstić information content (AvgIpc) is 3.18. The second kappa shape index (κ2) is 9.09. The van der Waals surface area contributed by atoms with Gasteiger partial charge in [-0.3, -0.25) is 4.90 Å². The number of carbonyl (C=O) groups is 1. The Hall–Kier alpha value is -3.88. The number of nitrogens with one attached hydrogen (secondary N) is 2. The lowest BCUT2D eigenvalue weighted by molar-refractivity contribution is 0.177. The number of nitrogens with two attached hydrogens (primary N) is 1. The second-order valence-corrected chi connectivity index (χ2v) is 8.09. The molecule has 0 saturated carbocycles. The second-order valence-electron chi connectivity index (χ2n) is 8.09. The van der Waals surface area contributed by atoms with E-state index < -0.39 is 0 Å². The Bertz CT molecular complexity index is 1070. The number of benzene rings is 1. The van der Waals surface area contributed by atoms with Crippen molar-refractivity contribution in [3.63, 3.8) is 0 Å². The minimum Gasteiger partial charge on any atom is -0.447 e. The first-order valence-corrected chi connectivity index (χ1v) is 10.5. The Morgan fingerprint density at radius 3 is 2.56 bits per heavy atom. The number of anilines is 5. The summed E-state index contributed by atoms with van der Waals surface area (Å²) < 4.78 is 5.23. The summed E-state index contributed by atoms with van der Waals surface area (Å²) in [5, 5.41) is 6.55. The zero-order chi connectivity index (χ0) is 22.7. The minimum atomic E-state index is -0.375. The van der Waals surface area contributed by atoms with Gasteiger partial charge in [-0.1, -0.05) is 26.0 Å². The number of carbonyl (C=O) groups excluding carboxylic acids is 1. The minimum absolute atomic E-state index is 0.0413. The molecule has 0 bridgehead atoms. The Balaban J connectivity index is 1.43. The van der Waals surface area contributed by atoms with Gasteiger partial charge in [0.05, 0.1) is 24.0 Å². The van der Waals surface area contributed by atoms with Gasteiger partial charge in [-0.05, 0) is 48.7 Å². The maximum absolute atomic E-state index is 12.2. The average molecular weight is 434 g/mol. The molecule has 1 saturated heterocycles. The fraction of sp³-hybridized carbons (Fsp3) is 0.304. The lowest BCUT2D eigenvalue weighted by atomic mass is 10.0. The van der Waals surface area contributed by atoms with Gasteiger partial charge in [-0.25, -0.2) is 14.8 Å². The van der Waals surface area contributed by atoms with E-state index >= 15 is 0 Å². The highest BCUT2D eigenvalue weighted by Crippen LogP contribution is 2.27. The Morgan fingerprint density at radius 2 is 1.88 bits per heavy atom. The van der Waals surface area contributed by atoms with E-state index in [0.29, 0.717) is 24.1 Å². The molecule has 1 aliphatic heterocycles. The quantitative estimate of drug-likeness (QED) is 0.503. The van der Waals surface area contributed by atoms with Crippen molar-refractivity contribution in [2.45, 2.75) is 32.9 Å². The van der Waals surface area contributed by atoms with Crippen LogP contribution in [0.2, 0.25) is 0 Å². The molecule has 1 fully saturated rings. The van der Waals surface area contributed by atoms with Gasteiger partial charge >= 0.3 is 6.09 Å². The van der Waals surface area contributed by atoms with Crippen molar-refractivity contribution in [2.24, 2.45) is 5.92 Å². The number of rotatable bonds is 7. The van der Waals surface area contributed by atoms with E-state index in [9.17, 15) is 4.79 Å². The van der Waals surface area contributed by atoms with Crippen molar-refractivity contribution in [3.05, 3.63) is 60.4 Å². The molecular formula is C23H27N7O2. The van der Waals surface area contributed by atoms with Gasteiger partial charge in [0.1, 0.15) is 18.2 Å². The topological polar surface area (TPSA) is 118 Å². The molecule has 4 N–H and O–H groups in total. The normalized spacial score (nSPS) is 16.7. The number of nitrogens with zero attached hydrogens (tertiary/aromatic N) is 4. The van der Waals surface area contributed by atoms with Crippen LogP contribution in [0, 0.1) is 5.92 Å². The van der Waals surface area contributed by atoms with Crippen LogP contribution in [0.5, 0.6) is 0 Å². The van der Waals surface area contributed by atoms with Crippen LogP contribution < -0.4 is 21.3 Å². The molecule has 2 aromatic heterocycles. The zero-order valence-corrected chi connectivity index (χ0v) is 18.3. The fourth-order valence-corrected chi connectivity index (χ4v) is 3.50. The van der Waals surface area contributed by atoms with Crippen LogP contribution in [0.25, 0.3) is 0 Å². The van der Waals surface area contributed by atoms with Gasteiger partial charge in [0.15, 0.2) is 0 Å². The SMILES string of the molecule is CC(C)[C@H]1COC(=O)N1c1ccnc(N[C@@H](C)c2ccc(Nc3ccc(N)cn3)cc2)n1. The molecule has 0 aliphatic carbocycles. The standard InChI is InChI=1S/C23H27N7O2/c1-14(2)19-13-32-23(31)30(19)21-10-11-25-22(29-21)27-15(3)16-4-7-18(8-5-16)28-20-9-6-17(24)12-26-20/h4-12,14-15,19H,13,24H2,1-3H3,(H,26,28)(H,25,27,29)/t15-,19+/m0/s1. The van der Waals surface area contributed by atoms with E-state index in [1.807, 2.05) is 37.3 Å². The third-order valence-electron chi connectivity index (χ3n) is 5.38. The Kier molecular flexibility index (Phi) is 6.07. The van der Waals surface area contributed by atoms with E-state index in [1.165, 1.54) is 0 Å². The number of cyclic esters (lactones) is 1. The molecule has 9 nitrogen and oxygen atoms in total. The van der Waals surface area contributed by atoms with Crippen molar-refractivity contribution in [1.29, 1.82) is 0 Å². The molecule has 1 aliphatic rings. The number of amides is 1. The van der Waals surface area contributed by atoms with E-state index in [2.05, 4.69) is 39.4 Å². The maximum Gasteiger partial charge on any atom is 0.415 e. The molecule has 9 heteroatoms. The summed E-state index contributed by atoms with van der Waals surface area (Å²) in [6.45, 7) is 6.51. The van der Waals surface area contributed by atoms with Crippen molar-refractivity contribution < 1.29 is 9.53 Å². The summed E-state index contributed by atoms with van der Waals surface area (Å²) in [6.07, 6.45) is 2.88. The highest BCUT2D eigenvalue weighted by molar-refractivity contribution is 5.89. The first-order valence-electron chi connectivity index (χ1n) is 10.5. The van der Waals surface area contributed by atoms with Crippen molar-refractivity contribution in [1.82, 2.24) is 15.0 Å². The fourth-order valence-electron chi connectivity index (χ4n) is 3.50. The zero-order valence-electron chi connectivity index (χ0n) is 18.3. The third-order valence-corrected chi connectivity index (χ3v) is 5.38. The maximum atomic E-state index is 12.2. The first kappa shape index (κ1) is 21.4. The van der Waals surface area contributed by atoms with Crippen molar-refractivity contribution in [3.8, 4) is 0 Å². The summed E-state index contributed by atoms with van der Waals surface area (Å²) in [6, 6.07) is 13.3. The summed E-state index contributed by atoms with van der Waals surface area (Å²) in [4.78, 5) is 27.0. The molecule has 3 aromatic rings. The molecule has 2 atom stereocenters. The van der Waals surface area contributed by atoms with Gasteiger partial charge < -0.3 is 21.1 Å². The largest absolute Gasteiger partial charge is 0.447 e. The Labute approximate surface area is 187 Å². The van der Waals surface area contributed by atoms with Gasteiger partial charge in [0, 0.05) is 11.9 Å². The molecular weight excluding hydrogens is 406 g/mol. The van der Waals surface area contributed by atoms with Crippen LogP contribution in [0.3, 0.4) is 0 Å². The molecule has 0 spiro atoms. The first-order chi connectivity index (χ1) is 15.4. The number of aromatic nitrogens is 3. The summed E-state index contributed by atoms with van der Waals surface area (Å²) in [5.41, 5.74) is 8.28. The number of nitrogen functional groups attached to an aromatic ring is 1. The van der Waals surface area contributed by atoms with Gasteiger partial charge in [0.25, 0.3) is 0 Å².